The van der Waals surface area contributed by atoms with Crippen molar-refractivity contribution in [3.05, 3.63) is 20.8 Å². The Morgan fingerprint density at radius 3 is 2.73 bits per heavy atom. The maximum Gasteiger partial charge on any atom is 0.0961 e. The van der Waals surface area contributed by atoms with Crippen molar-refractivity contribution in [3.8, 4) is 0 Å². The summed E-state index contributed by atoms with van der Waals surface area (Å²) in [5.41, 5.74) is 1.08. The van der Waals surface area contributed by atoms with E-state index in [2.05, 4.69) is 6.92 Å². The molecule has 1 saturated carbocycles. The van der Waals surface area contributed by atoms with Crippen LogP contribution in [0.15, 0.2) is 6.07 Å². The average Bonchev–Trinajstić information content (AvgIpc) is 2.74. The smallest absolute Gasteiger partial charge is 0.0961 e. The Morgan fingerprint density at radius 2 is 2.27 bits per heavy atom. The van der Waals surface area contributed by atoms with E-state index in [1.807, 2.05) is 13.0 Å². The first-order valence-electron chi connectivity index (χ1n) is 5.53. The number of hydrogen-bond acceptors (Lipinski definition) is 2. The highest BCUT2D eigenvalue weighted by molar-refractivity contribution is 7.16. The van der Waals surface area contributed by atoms with E-state index in [-0.39, 0.29) is 6.10 Å². The fourth-order valence-corrected chi connectivity index (χ4v) is 3.76. The van der Waals surface area contributed by atoms with Gasteiger partial charge in [-0.1, -0.05) is 31.4 Å². The molecule has 0 saturated heterocycles. The van der Waals surface area contributed by atoms with Crippen LogP contribution < -0.4 is 0 Å². The van der Waals surface area contributed by atoms with Gasteiger partial charge in [0.25, 0.3) is 0 Å². The molecule has 0 aliphatic heterocycles. The summed E-state index contributed by atoms with van der Waals surface area (Å²) >= 11 is 7.55. The fourth-order valence-electron chi connectivity index (χ4n) is 2.48. The van der Waals surface area contributed by atoms with Crippen LogP contribution >= 0.6 is 22.9 Å². The molecule has 3 heteroatoms. The minimum Gasteiger partial charge on any atom is -0.387 e. The van der Waals surface area contributed by atoms with Crippen molar-refractivity contribution in [2.45, 2.75) is 39.2 Å². The van der Waals surface area contributed by atoms with Gasteiger partial charge in [-0.15, -0.1) is 11.3 Å². The zero-order valence-corrected chi connectivity index (χ0v) is 10.7. The molecule has 0 spiro atoms. The molecular formula is C12H17ClOS. The summed E-state index contributed by atoms with van der Waals surface area (Å²) in [7, 11) is 0. The number of hydrogen-bond donors (Lipinski definition) is 1. The topological polar surface area (TPSA) is 20.2 Å². The summed E-state index contributed by atoms with van der Waals surface area (Å²) in [4.78, 5) is 1.04. The molecule has 1 fully saturated rings. The molecule has 1 aromatic heterocycles. The van der Waals surface area contributed by atoms with Gasteiger partial charge in [0.15, 0.2) is 0 Å². The second kappa shape index (κ2) is 4.44. The van der Waals surface area contributed by atoms with Crippen molar-refractivity contribution >= 4 is 22.9 Å². The molecule has 1 aromatic rings. The lowest BCUT2D eigenvalue weighted by atomic mass is 9.91. The van der Waals surface area contributed by atoms with Gasteiger partial charge in [0, 0.05) is 4.88 Å². The summed E-state index contributed by atoms with van der Waals surface area (Å²) in [6.07, 6.45) is 3.34. The van der Waals surface area contributed by atoms with Crippen LogP contribution in [0.1, 0.15) is 42.7 Å². The van der Waals surface area contributed by atoms with E-state index in [0.29, 0.717) is 11.8 Å². The number of aryl methyl sites for hydroxylation is 1. The molecule has 1 heterocycles. The van der Waals surface area contributed by atoms with Gasteiger partial charge in [0.2, 0.25) is 0 Å². The van der Waals surface area contributed by atoms with Crippen molar-refractivity contribution in [2.75, 3.05) is 0 Å². The van der Waals surface area contributed by atoms with Crippen LogP contribution in [0, 0.1) is 18.8 Å². The van der Waals surface area contributed by atoms with Gasteiger partial charge in [0.1, 0.15) is 0 Å². The summed E-state index contributed by atoms with van der Waals surface area (Å²) in [5.74, 6) is 1.07. The van der Waals surface area contributed by atoms with Crippen LogP contribution in [0.25, 0.3) is 0 Å². The van der Waals surface area contributed by atoms with Crippen LogP contribution in [0.5, 0.6) is 0 Å². The van der Waals surface area contributed by atoms with E-state index >= 15 is 0 Å². The van der Waals surface area contributed by atoms with Gasteiger partial charge in [-0.25, -0.2) is 0 Å². The van der Waals surface area contributed by atoms with E-state index < -0.39 is 0 Å². The first-order valence-corrected chi connectivity index (χ1v) is 6.73. The quantitative estimate of drug-likeness (QED) is 0.828. The predicted molar refractivity (Wildman–Crippen MR) is 65.5 cm³/mol. The minimum atomic E-state index is -0.307. The van der Waals surface area contributed by atoms with Gasteiger partial charge < -0.3 is 5.11 Å². The Balaban J connectivity index is 2.16. The minimum absolute atomic E-state index is 0.307. The zero-order valence-electron chi connectivity index (χ0n) is 9.16. The van der Waals surface area contributed by atoms with Gasteiger partial charge in [-0.3, -0.25) is 0 Å². The lowest BCUT2D eigenvalue weighted by molar-refractivity contribution is 0.0932. The Morgan fingerprint density at radius 1 is 1.53 bits per heavy atom. The molecule has 84 valence electrons. The van der Waals surface area contributed by atoms with Crippen LogP contribution in [0.4, 0.5) is 0 Å². The molecule has 0 aromatic carbocycles. The second-order valence-electron chi connectivity index (χ2n) is 4.62. The van der Waals surface area contributed by atoms with Gasteiger partial charge in [-0.05, 0) is 36.8 Å². The van der Waals surface area contributed by atoms with Gasteiger partial charge >= 0.3 is 0 Å². The van der Waals surface area contributed by atoms with E-state index in [4.69, 9.17) is 11.6 Å². The molecule has 15 heavy (non-hydrogen) atoms. The first kappa shape index (κ1) is 11.4. The van der Waals surface area contributed by atoms with Crippen molar-refractivity contribution in [2.24, 2.45) is 11.8 Å². The van der Waals surface area contributed by atoms with Crippen LogP contribution in [0.2, 0.25) is 4.34 Å². The molecular weight excluding hydrogens is 228 g/mol. The molecule has 1 aliphatic rings. The van der Waals surface area contributed by atoms with E-state index in [1.54, 1.807) is 0 Å². The van der Waals surface area contributed by atoms with Crippen molar-refractivity contribution < 1.29 is 5.11 Å². The third kappa shape index (κ3) is 2.22. The van der Waals surface area contributed by atoms with Gasteiger partial charge in [-0.2, -0.15) is 0 Å². The predicted octanol–water partition coefficient (Wildman–Crippen LogP) is 4.18. The number of thiophene rings is 1. The molecule has 1 N–H and O–H groups in total. The summed E-state index contributed by atoms with van der Waals surface area (Å²) in [6, 6.07) is 2.03. The summed E-state index contributed by atoms with van der Waals surface area (Å²) in [6.45, 7) is 4.23. The Hall–Kier alpha value is -0.0500. The molecule has 0 bridgehead atoms. The van der Waals surface area contributed by atoms with Crippen molar-refractivity contribution in [3.63, 3.8) is 0 Å². The lowest BCUT2D eigenvalue weighted by Crippen LogP contribution is -2.13. The Bertz CT molecular complexity index is 328. The highest BCUT2D eigenvalue weighted by atomic mass is 35.5. The maximum atomic E-state index is 10.3. The SMILES string of the molecule is Cc1cc(C(O)C2CCCC2C)sc1Cl. The molecule has 2 rings (SSSR count). The largest absolute Gasteiger partial charge is 0.387 e. The molecule has 1 aliphatic carbocycles. The average molecular weight is 245 g/mol. The van der Waals surface area contributed by atoms with E-state index in [1.165, 1.54) is 24.2 Å². The summed E-state index contributed by atoms with van der Waals surface area (Å²) in [5, 5.41) is 10.3. The molecule has 0 radical (unpaired) electrons. The number of aliphatic hydroxyl groups is 1. The standard InChI is InChI=1S/C12H17ClOS/c1-7-4-3-5-9(7)11(14)10-6-8(2)12(13)15-10/h6-7,9,11,14H,3-5H2,1-2H3. The van der Waals surface area contributed by atoms with E-state index in [9.17, 15) is 5.11 Å². The lowest BCUT2D eigenvalue weighted by Gasteiger charge is -2.20. The highest BCUT2D eigenvalue weighted by Crippen LogP contribution is 2.43. The number of aliphatic hydroxyl groups excluding tert-OH is 1. The molecule has 0 amide bonds. The van der Waals surface area contributed by atoms with E-state index in [0.717, 1.165) is 21.2 Å². The molecule has 3 atom stereocenters. The number of halogens is 1. The molecule has 3 unspecified atom stereocenters. The van der Waals surface area contributed by atoms with Crippen molar-refractivity contribution in [1.29, 1.82) is 0 Å². The fraction of sp³-hybridized carbons (Fsp3) is 0.667. The zero-order chi connectivity index (χ0) is 11.0. The highest BCUT2D eigenvalue weighted by Gasteiger charge is 2.31. The Labute approximate surface area is 100 Å². The summed E-state index contributed by atoms with van der Waals surface area (Å²) < 4.78 is 0.815. The first-order chi connectivity index (χ1) is 7.09. The number of rotatable bonds is 2. The van der Waals surface area contributed by atoms with Crippen LogP contribution in [-0.4, -0.2) is 5.11 Å². The van der Waals surface area contributed by atoms with Gasteiger partial charge in [0.05, 0.1) is 10.4 Å². The normalized spacial score (nSPS) is 28.3. The third-order valence-electron chi connectivity index (χ3n) is 3.50. The molecule has 1 nitrogen and oxygen atoms in total. The van der Waals surface area contributed by atoms with Crippen LogP contribution in [0.3, 0.4) is 0 Å². The second-order valence-corrected chi connectivity index (χ2v) is 6.31. The monoisotopic (exact) mass is 244 g/mol. The van der Waals surface area contributed by atoms with Crippen LogP contribution in [-0.2, 0) is 0 Å². The van der Waals surface area contributed by atoms with Crippen molar-refractivity contribution in [1.82, 2.24) is 0 Å². The third-order valence-corrected chi connectivity index (χ3v) is 5.13. The Kier molecular flexibility index (Phi) is 3.39. The maximum absolute atomic E-state index is 10.3.